The van der Waals surface area contributed by atoms with E-state index >= 15 is 0 Å². The Balaban J connectivity index is 1.88. The fourth-order valence-corrected chi connectivity index (χ4v) is 4.89. The van der Waals surface area contributed by atoms with Crippen molar-refractivity contribution in [3.8, 4) is 17.2 Å². The molecule has 0 unspecified atom stereocenters. The van der Waals surface area contributed by atoms with Crippen LogP contribution in [0.4, 0.5) is 5.69 Å². The number of aromatic amines is 1. The van der Waals surface area contributed by atoms with Crippen molar-refractivity contribution in [3.05, 3.63) is 72.6 Å². The topological polar surface area (TPSA) is 93.8 Å². The van der Waals surface area contributed by atoms with E-state index in [2.05, 4.69) is 9.97 Å². The maximum atomic E-state index is 13.7. The van der Waals surface area contributed by atoms with Gasteiger partial charge in [-0.1, -0.05) is 30.3 Å². The van der Waals surface area contributed by atoms with Crippen molar-refractivity contribution in [1.82, 2.24) is 9.97 Å². The lowest BCUT2D eigenvalue weighted by molar-refractivity contribution is 0.324. The van der Waals surface area contributed by atoms with Crippen LogP contribution in [0.1, 0.15) is 5.82 Å². The number of anilines is 1. The lowest BCUT2D eigenvalue weighted by Crippen LogP contribution is -2.31. The zero-order valence-electron chi connectivity index (χ0n) is 17.9. The highest BCUT2D eigenvalue weighted by molar-refractivity contribution is 7.92. The molecule has 1 heterocycles. The van der Waals surface area contributed by atoms with Crippen molar-refractivity contribution in [2.45, 2.75) is 11.4 Å². The van der Waals surface area contributed by atoms with E-state index in [0.29, 0.717) is 28.8 Å². The molecule has 4 aromatic rings. The minimum Gasteiger partial charge on any atom is -0.493 e. The fourth-order valence-electron chi connectivity index (χ4n) is 3.46. The number of nitrogens with one attached hydrogen (secondary N) is 1. The number of fused-ring (bicyclic) bond motifs is 1. The van der Waals surface area contributed by atoms with Crippen LogP contribution in [0.2, 0.25) is 0 Å². The molecule has 0 aliphatic carbocycles. The molecule has 0 spiro atoms. The minimum absolute atomic E-state index is 0.0233. The average molecular weight is 454 g/mol. The van der Waals surface area contributed by atoms with Crippen molar-refractivity contribution < 1.29 is 22.6 Å². The normalized spacial score (nSPS) is 11.3. The summed E-state index contributed by atoms with van der Waals surface area (Å²) in [7, 11) is 0.520. The molecule has 0 bridgehead atoms. The quantitative estimate of drug-likeness (QED) is 0.434. The number of aromatic nitrogens is 2. The Hall–Kier alpha value is -3.72. The van der Waals surface area contributed by atoms with Gasteiger partial charge in [0.25, 0.3) is 10.0 Å². The third kappa shape index (κ3) is 3.94. The van der Waals surface area contributed by atoms with Gasteiger partial charge in [0.15, 0.2) is 11.5 Å². The molecule has 0 atom stereocenters. The Labute approximate surface area is 186 Å². The Bertz CT molecular complexity index is 1280. The Kier molecular flexibility index (Phi) is 5.91. The molecule has 3 aromatic carbocycles. The lowest BCUT2D eigenvalue weighted by atomic mass is 10.2. The second-order valence-electron chi connectivity index (χ2n) is 6.91. The first-order valence-corrected chi connectivity index (χ1v) is 11.2. The predicted molar refractivity (Wildman–Crippen MR) is 122 cm³/mol. The molecular weight excluding hydrogens is 430 g/mol. The van der Waals surface area contributed by atoms with E-state index in [1.54, 1.807) is 42.5 Å². The number of hydrogen-bond donors (Lipinski definition) is 1. The van der Waals surface area contributed by atoms with Gasteiger partial charge < -0.3 is 19.2 Å². The third-order valence-corrected chi connectivity index (χ3v) is 6.79. The summed E-state index contributed by atoms with van der Waals surface area (Å²) in [6, 6.07) is 19.0. The highest BCUT2D eigenvalue weighted by Gasteiger charge is 2.28. The summed E-state index contributed by atoms with van der Waals surface area (Å²) in [5.41, 5.74) is 1.93. The van der Waals surface area contributed by atoms with Crippen LogP contribution >= 0.6 is 0 Å². The van der Waals surface area contributed by atoms with Crippen molar-refractivity contribution in [1.29, 1.82) is 0 Å². The number of H-pyrrole nitrogens is 1. The van der Waals surface area contributed by atoms with Gasteiger partial charge in [-0.05, 0) is 24.3 Å². The fraction of sp³-hybridized carbons (Fsp3) is 0.174. The van der Waals surface area contributed by atoms with Gasteiger partial charge in [-0.2, -0.15) is 0 Å². The number of benzene rings is 3. The summed E-state index contributed by atoms with van der Waals surface area (Å²) in [5.74, 6) is 1.57. The van der Waals surface area contributed by atoms with Crippen molar-refractivity contribution >= 4 is 26.7 Å². The molecule has 32 heavy (non-hydrogen) atoms. The number of sulfonamides is 1. The van der Waals surface area contributed by atoms with Crippen LogP contribution in [-0.2, 0) is 16.6 Å². The number of nitrogens with zero attached hydrogens (tertiary/aromatic N) is 2. The summed E-state index contributed by atoms with van der Waals surface area (Å²) in [4.78, 5) is 7.91. The molecule has 1 N–H and O–H groups in total. The van der Waals surface area contributed by atoms with Crippen LogP contribution in [-0.4, -0.2) is 39.7 Å². The minimum atomic E-state index is -3.94. The zero-order valence-corrected chi connectivity index (χ0v) is 18.7. The summed E-state index contributed by atoms with van der Waals surface area (Å²) in [6.07, 6.45) is 0. The molecule has 9 heteroatoms. The van der Waals surface area contributed by atoms with Crippen LogP contribution < -0.4 is 18.5 Å². The van der Waals surface area contributed by atoms with E-state index in [0.717, 1.165) is 11.0 Å². The van der Waals surface area contributed by atoms with Gasteiger partial charge in [0.05, 0.1) is 49.5 Å². The molecule has 0 aliphatic rings. The Morgan fingerprint density at radius 3 is 2.09 bits per heavy atom. The van der Waals surface area contributed by atoms with Crippen molar-refractivity contribution in [2.75, 3.05) is 25.6 Å². The van der Waals surface area contributed by atoms with Crippen LogP contribution in [0.3, 0.4) is 0 Å². The molecule has 8 nitrogen and oxygen atoms in total. The smallest absolute Gasteiger partial charge is 0.264 e. The van der Waals surface area contributed by atoms with Crippen LogP contribution in [0.5, 0.6) is 17.2 Å². The van der Waals surface area contributed by atoms with Crippen molar-refractivity contribution in [2.24, 2.45) is 0 Å². The molecule has 0 saturated carbocycles. The number of para-hydroxylation sites is 2. The summed E-state index contributed by atoms with van der Waals surface area (Å²) in [6.45, 7) is -0.0233. The molecule has 0 radical (unpaired) electrons. The van der Waals surface area contributed by atoms with E-state index in [4.69, 9.17) is 14.2 Å². The summed E-state index contributed by atoms with van der Waals surface area (Å²) >= 11 is 0. The first-order chi connectivity index (χ1) is 15.5. The summed E-state index contributed by atoms with van der Waals surface area (Å²) < 4.78 is 44.9. The number of ether oxygens (including phenoxy) is 3. The van der Waals surface area contributed by atoms with Crippen LogP contribution in [0.15, 0.2) is 71.6 Å². The van der Waals surface area contributed by atoms with E-state index in [1.165, 1.54) is 25.6 Å². The third-order valence-electron chi connectivity index (χ3n) is 5.00. The van der Waals surface area contributed by atoms with Gasteiger partial charge in [0, 0.05) is 12.1 Å². The highest BCUT2D eigenvalue weighted by Crippen LogP contribution is 2.42. The van der Waals surface area contributed by atoms with E-state index in [9.17, 15) is 8.42 Å². The van der Waals surface area contributed by atoms with E-state index < -0.39 is 10.0 Å². The average Bonchev–Trinajstić information content (AvgIpc) is 3.24. The molecule has 0 amide bonds. The number of methoxy groups -OCH3 is 3. The molecular formula is C23H23N3O5S. The predicted octanol–water partition coefficient (Wildman–Crippen LogP) is 3.98. The number of imidazole rings is 1. The molecule has 166 valence electrons. The second-order valence-corrected chi connectivity index (χ2v) is 8.77. The Morgan fingerprint density at radius 1 is 0.875 bits per heavy atom. The van der Waals surface area contributed by atoms with Crippen LogP contribution in [0, 0.1) is 0 Å². The van der Waals surface area contributed by atoms with Gasteiger partial charge in [-0.15, -0.1) is 0 Å². The summed E-state index contributed by atoms with van der Waals surface area (Å²) in [5, 5.41) is 0. The number of hydrogen-bond acceptors (Lipinski definition) is 6. The molecule has 0 fully saturated rings. The van der Waals surface area contributed by atoms with Gasteiger partial charge in [0.1, 0.15) is 5.82 Å². The molecule has 0 aliphatic heterocycles. The molecule has 4 rings (SSSR count). The molecule has 0 saturated heterocycles. The Morgan fingerprint density at radius 2 is 1.50 bits per heavy atom. The van der Waals surface area contributed by atoms with Gasteiger partial charge >= 0.3 is 0 Å². The maximum absolute atomic E-state index is 13.7. The first kappa shape index (κ1) is 21.5. The lowest BCUT2D eigenvalue weighted by Gasteiger charge is -2.25. The van der Waals surface area contributed by atoms with E-state index in [-0.39, 0.29) is 11.4 Å². The second kappa shape index (κ2) is 8.80. The molecule has 1 aromatic heterocycles. The largest absolute Gasteiger partial charge is 0.493 e. The standard InChI is InChI=1S/C23H23N3O5S/c1-29-20-13-16(14-21(30-2)23(20)31-3)26(32(27,28)17-9-5-4-6-10-17)15-22-24-18-11-7-8-12-19(18)25-22/h4-14H,15H2,1-3H3,(H,24,25). The van der Waals surface area contributed by atoms with Crippen LogP contribution in [0.25, 0.3) is 11.0 Å². The van der Waals surface area contributed by atoms with Gasteiger partial charge in [0.2, 0.25) is 5.75 Å². The SMILES string of the molecule is COc1cc(N(Cc2nc3ccccc3[nH]2)S(=O)(=O)c2ccccc2)cc(OC)c1OC. The van der Waals surface area contributed by atoms with Gasteiger partial charge in [-0.25, -0.2) is 13.4 Å². The monoisotopic (exact) mass is 453 g/mol. The van der Waals surface area contributed by atoms with Gasteiger partial charge in [-0.3, -0.25) is 4.31 Å². The highest BCUT2D eigenvalue weighted by atomic mass is 32.2. The van der Waals surface area contributed by atoms with Crippen molar-refractivity contribution in [3.63, 3.8) is 0 Å². The zero-order chi connectivity index (χ0) is 22.7. The first-order valence-electron chi connectivity index (χ1n) is 9.79. The maximum Gasteiger partial charge on any atom is 0.264 e. The van der Waals surface area contributed by atoms with E-state index in [1.807, 2.05) is 24.3 Å². The number of rotatable bonds is 8.